The van der Waals surface area contributed by atoms with Crippen molar-refractivity contribution >= 4 is 5.91 Å². The monoisotopic (exact) mass is 994 g/mol. The van der Waals surface area contributed by atoms with Gasteiger partial charge in [0.15, 0.2) is 6.29 Å². The van der Waals surface area contributed by atoms with Crippen molar-refractivity contribution in [3.63, 3.8) is 0 Å². The smallest absolute Gasteiger partial charge is 0.249 e. The maximum Gasteiger partial charge on any atom is 0.249 e. The summed E-state index contributed by atoms with van der Waals surface area (Å²) in [6, 6.07) is -1.18. The zero-order valence-corrected chi connectivity index (χ0v) is 45.0. The topological polar surface area (TPSA) is 189 Å². The molecule has 8 N–H and O–H groups in total. The number of unbranched alkanes of at least 4 members (excludes halogenated alkanes) is 32. The predicted octanol–water partition coefficient (Wildman–Crippen LogP) is 12.3. The molecule has 1 amide bonds. The SMILES string of the molecule is CCCCCCCCCC/C=C/CCCC(O)C(O)C(COC1OC(CO)C(O)C(O)C1O)NC(=O)C(O)CCCCCCCCCCCCCCCC/C=C\C/C=C\CCCCCCCCCCC. The van der Waals surface area contributed by atoms with Crippen LogP contribution in [0.3, 0.4) is 0 Å². The van der Waals surface area contributed by atoms with Crippen molar-refractivity contribution in [2.24, 2.45) is 0 Å². The number of carbonyl (C=O) groups excluding carboxylic acids is 1. The van der Waals surface area contributed by atoms with Gasteiger partial charge in [0.05, 0.1) is 25.4 Å². The van der Waals surface area contributed by atoms with Crippen LogP contribution in [0.25, 0.3) is 0 Å². The quantitative estimate of drug-likeness (QED) is 0.0215. The molecule has 1 aliphatic rings. The molecule has 1 fully saturated rings. The van der Waals surface area contributed by atoms with E-state index in [9.17, 15) is 40.5 Å². The first-order valence-electron chi connectivity index (χ1n) is 29.4. The molecule has 1 aliphatic heterocycles. The fourth-order valence-electron chi connectivity index (χ4n) is 9.36. The number of hydrogen-bond acceptors (Lipinski definition) is 10. The van der Waals surface area contributed by atoms with Gasteiger partial charge in [0.25, 0.3) is 0 Å². The summed E-state index contributed by atoms with van der Waals surface area (Å²) in [6.07, 6.45) is 47.9. The molecule has 1 heterocycles. The van der Waals surface area contributed by atoms with Crippen molar-refractivity contribution in [1.29, 1.82) is 0 Å². The van der Waals surface area contributed by atoms with E-state index in [1.165, 1.54) is 180 Å². The van der Waals surface area contributed by atoms with Crippen LogP contribution in [0.4, 0.5) is 0 Å². The fourth-order valence-corrected chi connectivity index (χ4v) is 9.36. The van der Waals surface area contributed by atoms with E-state index in [0.29, 0.717) is 12.8 Å². The van der Waals surface area contributed by atoms with Crippen LogP contribution < -0.4 is 5.32 Å². The second-order valence-corrected chi connectivity index (χ2v) is 20.7. The number of aliphatic hydroxyl groups is 7. The zero-order valence-electron chi connectivity index (χ0n) is 45.0. The first-order chi connectivity index (χ1) is 34.2. The third-order valence-electron chi connectivity index (χ3n) is 14.2. The standard InChI is InChI=1S/C59H111NO10/c1-3-5-7-9-11-13-15-17-18-19-20-21-22-23-24-25-26-27-28-29-30-31-32-33-35-37-39-41-43-45-47-52(63)58(68)60-50(49-69-59-57(67)56(66)55(65)53(48-61)70-59)54(64)51(62)46-44-42-40-38-36-34-16-14-12-10-8-6-4-2/h20-21,23-24,38,40,50-57,59,61-67H,3-19,22,25-37,39,41-49H2,1-2H3,(H,60,68)/b21-20-,24-23-,40-38+. The number of hydrogen-bond donors (Lipinski definition) is 8. The van der Waals surface area contributed by atoms with Crippen LogP contribution in [-0.2, 0) is 14.3 Å². The Bertz CT molecular complexity index is 1230. The van der Waals surface area contributed by atoms with E-state index in [0.717, 1.165) is 44.9 Å². The Morgan fingerprint density at radius 2 is 0.886 bits per heavy atom. The summed E-state index contributed by atoms with van der Waals surface area (Å²) in [5.74, 6) is -0.706. The van der Waals surface area contributed by atoms with E-state index in [1.54, 1.807) is 0 Å². The van der Waals surface area contributed by atoms with Crippen LogP contribution in [-0.4, -0.2) is 110 Å². The molecule has 412 valence electrons. The van der Waals surface area contributed by atoms with Gasteiger partial charge in [-0.2, -0.15) is 0 Å². The van der Waals surface area contributed by atoms with Gasteiger partial charge >= 0.3 is 0 Å². The summed E-state index contributed by atoms with van der Waals surface area (Å²) in [7, 11) is 0. The highest BCUT2D eigenvalue weighted by molar-refractivity contribution is 5.80. The fraction of sp³-hybridized carbons (Fsp3) is 0.881. The summed E-state index contributed by atoms with van der Waals surface area (Å²) in [4.78, 5) is 13.2. The predicted molar refractivity (Wildman–Crippen MR) is 289 cm³/mol. The van der Waals surface area contributed by atoms with Crippen molar-refractivity contribution in [3.8, 4) is 0 Å². The minimum absolute atomic E-state index is 0.254. The molecular weight excluding hydrogens is 883 g/mol. The summed E-state index contributed by atoms with van der Waals surface area (Å²) in [6.45, 7) is 3.44. The van der Waals surface area contributed by atoms with Crippen molar-refractivity contribution in [2.75, 3.05) is 13.2 Å². The van der Waals surface area contributed by atoms with E-state index >= 15 is 0 Å². The Labute approximate surface area is 428 Å². The van der Waals surface area contributed by atoms with Crippen molar-refractivity contribution < 1.29 is 50.0 Å². The normalized spacial score (nSPS) is 20.5. The lowest BCUT2D eigenvalue weighted by atomic mass is 9.98. The van der Waals surface area contributed by atoms with E-state index in [1.807, 2.05) is 0 Å². The second kappa shape index (κ2) is 48.3. The van der Waals surface area contributed by atoms with E-state index < -0.39 is 74.2 Å². The number of rotatable bonds is 50. The van der Waals surface area contributed by atoms with Gasteiger partial charge in [-0.25, -0.2) is 0 Å². The minimum Gasteiger partial charge on any atom is -0.394 e. The Morgan fingerprint density at radius 3 is 1.31 bits per heavy atom. The van der Waals surface area contributed by atoms with Gasteiger partial charge in [-0.1, -0.05) is 230 Å². The van der Waals surface area contributed by atoms with Crippen molar-refractivity contribution in [2.45, 2.75) is 319 Å². The van der Waals surface area contributed by atoms with Crippen LogP contribution in [0.1, 0.15) is 264 Å². The maximum atomic E-state index is 13.2. The van der Waals surface area contributed by atoms with E-state index in [4.69, 9.17) is 9.47 Å². The van der Waals surface area contributed by atoms with Gasteiger partial charge in [-0.3, -0.25) is 4.79 Å². The highest BCUT2D eigenvalue weighted by Crippen LogP contribution is 2.23. The molecular formula is C59H111NO10. The number of carbonyl (C=O) groups is 1. The summed E-state index contributed by atoms with van der Waals surface area (Å²) in [5, 5.41) is 76.0. The zero-order chi connectivity index (χ0) is 51.1. The van der Waals surface area contributed by atoms with Crippen LogP contribution in [0, 0.1) is 0 Å². The molecule has 1 saturated heterocycles. The largest absolute Gasteiger partial charge is 0.394 e. The molecule has 9 unspecified atom stereocenters. The molecule has 0 spiro atoms. The Hall–Kier alpha value is -1.67. The lowest BCUT2D eigenvalue weighted by molar-refractivity contribution is -0.303. The Morgan fingerprint density at radius 1 is 0.500 bits per heavy atom. The van der Waals surface area contributed by atoms with E-state index in [-0.39, 0.29) is 12.8 Å². The molecule has 0 aromatic heterocycles. The van der Waals surface area contributed by atoms with Gasteiger partial charge in [-0.15, -0.1) is 0 Å². The van der Waals surface area contributed by atoms with Gasteiger partial charge in [0, 0.05) is 0 Å². The minimum atomic E-state index is -1.67. The lowest BCUT2D eigenvalue weighted by Gasteiger charge is -2.40. The third kappa shape index (κ3) is 36.3. The number of ether oxygens (including phenoxy) is 2. The van der Waals surface area contributed by atoms with Crippen LogP contribution in [0.5, 0.6) is 0 Å². The Kier molecular flexibility index (Phi) is 45.8. The molecule has 0 saturated carbocycles. The summed E-state index contributed by atoms with van der Waals surface area (Å²) in [5.41, 5.74) is 0. The molecule has 0 bridgehead atoms. The number of aliphatic hydroxyl groups excluding tert-OH is 7. The average Bonchev–Trinajstić information content (AvgIpc) is 3.36. The van der Waals surface area contributed by atoms with Crippen LogP contribution >= 0.6 is 0 Å². The van der Waals surface area contributed by atoms with Crippen molar-refractivity contribution in [1.82, 2.24) is 5.32 Å². The third-order valence-corrected chi connectivity index (χ3v) is 14.2. The molecule has 0 aliphatic carbocycles. The van der Waals surface area contributed by atoms with Gasteiger partial charge in [0.2, 0.25) is 5.91 Å². The molecule has 0 aromatic carbocycles. The summed E-state index contributed by atoms with van der Waals surface area (Å²) < 4.78 is 11.1. The second-order valence-electron chi connectivity index (χ2n) is 20.7. The highest BCUT2D eigenvalue weighted by Gasteiger charge is 2.44. The van der Waals surface area contributed by atoms with Gasteiger partial charge < -0.3 is 50.5 Å². The molecule has 11 nitrogen and oxygen atoms in total. The molecule has 1 rings (SSSR count). The maximum absolute atomic E-state index is 13.2. The summed E-state index contributed by atoms with van der Waals surface area (Å²) >= 11 is 0. The van der Waals surface area contributed by atoms with Gasteiger partial charge in [-0.05, 0) is 70.6 Å². The first-order valence-corrected chi connectivity index (χ1v) is 29.4. The lowest BCUT2D eigenvalue weighted by Crippen LogP contribution is -2.60. The number of amides is 1. The molecule has 9 atom stereocenters. The van der Waals surface area contributed by atoms with Crippen LogP contribution in [0.15, 0.2) is 36.5 Å². The molecule has 70 heavy (non-hydrogen) atoms. The molecule has 0 radical (unpaired) electrons. The van der Waals surface area contributed by atoms with Gasteiger partial charge in [0.1, 0.15) is 36.6 Å². The highest BCUT2D eigenvalue weighted by atomic mass is 16.7. The van der Waals surface area contributed by atoms with E-state index in [2.05, 4.69) is 55.6 Å². The van der Waals surface area contributed by atoms with Crippen molar-refractivity contribution in [3.05, 3.63) is 36.5 Å². The average molecular weight is 995 g/mol. The number of nitrogens with one attached hydrogen (secondary N) is 1. The number of allylic oxidation sites excluding steroid dienone is 6. The molecule has 11 heteroatoms. The molecule has 0 aromatic rings. The first kappa shape index (κ1) is 66.3. The Balaban J connectivity index is 2.23. The van der Waals surface area contributed by atoms with Crippen LogP contribution in [0.2, 0.25) is 0 Å².